The molecular weight excluding hydrogens is 426 g/mol. The third kappa shape index (κ3) is 4.81. The molecule has 0 atom stereocenters. The first-order valence-corrected chi connectivity index (χ1v) is 11.8. The molecule has 2 N–H and O–H groups in total. The van der Waals surface area contributed by atoms with Gasteiger partial charge in [0.2, 0.25) is 5.91 Å². The van der Waals surface area contributed by atoms with E-state index in [2.05, 4.69) is 10.0 Å². The van der Waals surface area contributed by atoms with E-state index in [1.807, 2.05) is 30.3 Å². The Morgan fingerprint density at radius 1 is 0.906 bits per heavy atom. The summed E-state index contributed by atoms with van der Waals surface area (Å²) in [5.41, 5.74) is 2.03. The average Bonchev–Trinajstić information content (AvgIpc) is 3.24. The Morgan fingerprint density at radius 2 is 1.59 bits per heavy atom. The summed E-state index contributed by atoms with van der Waals surface area (Å²) in [6, 6.07) is 22.1. The summed E-state index contributed by atoms with van der Waals surface area (Å²) >= 11 is 0. The summed E-state index contributed by atoms with van der Waals surface area (Å²) in [5.74, 6) is -0.343. The van der Waals surface area contributed by atoms with Crippen molar-refractivity contribution in [3.8, 4) is 0 Å². The number of carbonyl (C=O) groups excluding carboxylic acids is 2. The van der Waals surface area contributed by atoms with Gasteiger partial charge in [0.15, 0.2) is 0 Å². The molecule has 3 aromatic carbocycles. The van der Waals surface area contributed by atoms with Crippen molar-refractivity contribution in [2.24, 2.45) is 0 Å². The highest BCUT2D eigenvalue weighted by Gasteiger charge is 2.23. The number of carbonyl (C=O) groups is 2. The van der Waals surface area contributed by atoms with Gasteiger partial charge in [-0.05, 0) is 48.4 Å². The van der Waals surface area contributed by atoms with Gasteiger partial charge in [-0.25, -0.2) is 8.42 Å². The first-order valence-electron chi connectivity index (χ1n) is 10.3. The maximum absolute atomic E-state index is 12.9. The van der Waals surface area contributed by atoms with Crippen LogP contribution in [-0.4, -0.2) is 26.8 Å². The number of hydrogen-bond donors (Lipinski definition) is 2. The highest BCUT2D eigenvalue weighted by atomic mass is 32.2. The lowest BCUT2D eigenvalue weighted by molar-refractivity contribution is -0.117. The monoisotopic (exact) mass is 449 g/mol. The van der Waals surface area contributed by atoms with Gasteiger partial charge in [0.1, 0.15) is 0 Å². The smallest absolute Gasteiger partial charge is 0.261 e. The number of para-hydroxylation sites is 1. The third-order valence-corrected chi connectivity index (χ3v) is 6.63. The molecule has 0 aliphatic carbocycles. The summed E-state index contributed by atoms with van der Waals surface area (Å²) < 4.78 is 28.4. The normalized spacial score (nSPS) is 13.8. The van der Waals surface area contributed by atoms with Crippen LogP contribution in [0.1, 0.15) is 28.8 Å². The number of sulfonamides is 1. The van der Waals surface area contributed by atoms with Crippen molar-refractivity contribution in [1.82, 2.24) is 5.32 Å². The van der Waals surface area contributed by atoms with Crippen molar-refractivity contribution in [3.63, 3.8) is 0 Å². The third-order valence-electron chi connectivity index (χ3n) is 5.24. The molecule has 0 spiro atoms. The van der Waals surface area contributed by atoms with Gasteiger partial charge in [-0.1, -0.05) is 42.5 Å². The van der Waals surface area contributed by atoms with Crippen LogP contribution in [0.2, 0.25) is 0 Å². The predicted molar refractivity (Wildman–Crippen MR) is 123 cm³/mol. The molecule has 7 nitrogen and oxygen atoms in total. The molecule has 3 aromatic rings. The van der Waals surface area contributed by atoms with Crippen LogP contribution < -0.4 is 14.9 Å². The fraction of sp³-hybridized carbons (Fsp3) is 0.167. The molecule has 164 valence electrons. The molecule has 2 amide bonds. The zero-order valence-corrected chi connectivity index (χ0v) is 18.1. The maximum Gasteiger partial charge on any atom is 0.261 e. The number of hydrogen-bond acceptors (Lipinski definition) is 4. The minimum Gasteiger partial charge on any atom is -0.348 e. The second-order valence-corrected chi connectivity index (χ2v) is 9.14. The topological polar surface area (TPSA) is 95.6 Å². The lowest BCUT2D eigenvalue weighted by Crippen LogP contribution is -2.25. The molecule has 0 radical (unpaired) electrons. The first-order chi connectivity index (χ1) is 15.4. The summed E-state index contributed by atoms with van der Waals surface area (Å²) in [6.45, 7) is 0.964. The van der Waals surface area contributed by atoms with Crippen LogP contribution in [0.5, 0.6) is 0 Å². The number of amides is 2. The molecule has 1 aliphatic rings. The molecular formula is C24H23N3O4S. The zero-order valence-electron chi connectivity index (χ0n) is 17.3. The van der Waals surface area contributed by atoms with E-state index in [1.54, 1.807) is 41.3 Å². The van der Waals surface area contributed by atoms with E-state index in [0.29, 0.717) is 25.2 Å². The molecule has 32 heavy (non-hydrogen) atoms. The van der Waals surface area contributed by atoms with Gasteiger partial charge in [0, 0.05) is 25.2 Å². The molecule has 1 fully saturated rings. The maximum atomic E-state index is 12.9. The molecule has 0 bridgehead atoms. The van der Waals surface area contributed by atoms with Crippen LogP contribution in [0.25, 0.3) is 0 Å². The number of rotatable bonds is 7. The van der Waals surface area contributed by atoms with Crippen LogP contribution in [-0.2, 0) is 21.4 Å². The molecule has 1 aliphatic heterocycles. The van der Waals surface area contributed by atoms with Crippen molar-refractivity contribution in [2.75, 3.05) is 16.2 Å². The SMILES string of the molecule is O=C(NCc1ccccc1)c1ccccc1NS(=O)(=O)c1ccc(N2CCCC2=O)cc1. The van der Waals surface area contributed by atoms with Gasteiger partial charge in [-0.3, -0.25) is 14.3 Å². The van der Waals surface area contributed by atoms with Crippen LogP contribution in [0.4, 0.5) is 11.4 Å². The van der Waals surface area contributed by atoms with Gasteiger partial charge < -0.3 is 10.2 Å². The largest absolute Gasteiger partial charge is 0.348 e. The fourth-order valence-electron chi connectivity index (χ4n) is 3.57. The molecule has 1 heterocycles. The predicted octanol–water partition coefficient (Wildman–Crippen LogP) is 3.54. The summed E-state index contributed by atoms with van der Waals surface area (Å²) in [5, 5.41) is 2.81. The second-order valence-electron chi connectivity index (χ2n) is 7.46. The van der Waals surface area contributed by atoms with E-state index < -0.39 is 10.0 Å². The van der Waals surface area contributed by atoms with E-state index in [-0.39, 0.29) is 28.0 Å². The molecule has 8 heteroatoms. The van der Waals surface area contributed by atoms with E-state index in [4.69, 9.17) is 0 Å². The molecule has 4 rings (SSSR count). The quantitative estimate of drug-likeness (QED) is 0.577. The van der Waals surface area contributed by atoms with Gasteiger partial charge in [-0.2, -0.15) is 0 Å². The van der Waals surface area contributed by atoms with Gasteiger partial charge in [0.05, 0.1) is 16.1 Å². The molecule has 0 saturated carbocycles. The van der Waals surface area contributed by atoms with Crippen molar-refractivity contribution < 1.29 is 18.0 Å². The van der Waals surface area contributed by atoms with E-state index in [9.17, 15) is 18.0 Å². The van der Waals surface area contributed by atoms with Crippen molar-refractivity contribution in [2.45, 2.75) is 24.3 Å². The number of nitrogens with zero attached hydrogens (tertiary/aromatic N) is 1. The Bertz CT molecular complexity index is 1230. The molecule has 0 unspecified atom stereocenters. The average molecular weight is 450 g/mol. The number of anilines is 2. The zero-order chi connectivity index (χ0) is 22.6. The Hall–Kier alpha value is -3.65. The van der Waals surface area contributed by atoms with Crippen LogP contribution in [0, 0.1) is 0 Å². The lowest BCUT2D eigenvalue weighted by Gasteiger charge is -2.16. The molecule has 1 saturated heterocycles. The standard InChI is InChI=1S/C24H23N3O4S/c28-23-11-6-16-27(23)19-12-14-20(15-13-19)32(30,31)26-22-10-5-4-9-21(22)24(29)25-17-18-7-2-1-3-8-18/h1-5,7-10,12-15,26H,6,11,16-17H2,(H,25,29). The van der Waals surface area contributed by atoms with Crippen molar-refractivity contribution in [3.05, 3.63) is 90.0 Å². The minimum atomic E-state index is -3.92. The fourth-order valence-corrected chi connectivity index (χ4v) is 4.65. The Kier molecular flexibility index (Phi) is 6.23. The highest BCUT2D eigenvalue weighted by Crippen LogP contribution is 2.25. The second kappa shape index (κ2) is 9.23. The van der Waals surface area contributed by atoms with E-state index >= 15 is 0 Å². The van der Waals surface area contributed by atoms with Crippen molar-refractivity contribution >= 4 is 33.2 Å². The molecule has 0 aromatic heterocycles. The Balaban J connectivity index is 1.49. The van der Waals surface area contributed by atoms with Gasteiger partial charge in [0.25, 0.3) is 15.9 Å². The number of nitrogens with one attached hydrogen (secondary N) is 2. The highest BCUT2D eigenvalue weighted by molar-refractivity contribution is 7.92. The summed E-state index contributed by atoms with van der Waals surface area (Å²) in [4.78, 5) is 26.3. The van der Waals surface area contributed by atoms with Crippen molar-refractivity contribution in [1.29, 1.82) is 0 Å². The van der Waals surface area contributed by atoms with E-state index in [0.717, 1.165) is 12.0 Å². The summed E-state index contributed by atoms with van der Waals surface area (Å²) in [6.07, 6.45) is 1.30. The van der Waals surface area contributed by atoms with Crippen LogP contribution in [0.3, 0.4) is 0 Å². The van der Waals surface area contributed by atoms with Gasteiger partial charge in [-0.15, -0.1) is 0 Å². The van der Waals surface area contributed by atoms with Gasteiger partial charge >= 0.3 is 0 Å². The van der Waals surface area contributed by atoms with E-state index in [1.165, 1.54) is 12.1 Å². The first kappa shape index (κ1) is 21.6. The lowest BCUT2D eigenvalue weighted by atomic mass is 10.1. The number of benzene rings is 3. The Labute approximate surface area is 187 Å². The van der Waals surface area contributed by atoms with Crippen LogP contribution >= 0.6 is 0 Å². The Morgan fingerprint density at radius 3 is 2.28 bits per heavy atom. The minimum absolute atomic E-state index is 0.0363. The van der Waals surface area contributed by atoms with Crippen LogP contribution in [0.15, 0.2) is 83.8 Å². The summed E-state index contributed by atoms with van der Waals surface area (Å²) in [7, 11) is -3.92.